The Hall–Kier alpha value is -1.53. The Labute approximate surface area is 125 Å². The van der Waals surface area contributed by atoms with Crippen LogP contribution in [0.25, 0.3) is 10.9 Å². The van der Waals surface area contributed by atoms with E-state index in [-0.39, 0.29) is 0 Å². The van der Waals surface area contributed by atoms with Crippen molar-refractivity contribution >= 4 is 20.7 Å². The molecular weight excluding hydrogens is 286 g/mol. The van der Waals surface area contributed by atoms with Gasteiger partial charge in [0.2, 0.25) is 0 Å². The van der Waals surface area contributed by atoms with Crippen LogP contribution in [0.3, 0.4) is 0 Å². The van der Waals surface area contributed by atoms with Gasteiger partial charge in [0, 0.05) is 17.8 Å². The molecule has 2 aromatic rings. The third-order valence-corrected chi connectivity index (χ3v) is 5.53. The number of hydrogen-bond acceptors (Lipinski definition) is 4. The molecule has 0 saturated carbocycles. The minimum absolute atomic E-state index is 0.357. The second-order valence-electron chi connectivity index (χ2n) is 6.02. The van der Waals surface area contributed by atoms with Gasteiger partial charge < -0.3 is 10.7 Å². The Kier molecular flexibility index (Phi) is 3.45. The van der Waals surface area contributed by atoms with Crippen LogP contribution < -0.4 is 5.84 Å². The molecule has 0 amide bonds. The number of nitrogens with two attached hydrogens (primary N) is 1. The lowest BCUT2D eigenvalue weighted by atomic mass is 9.89. The van der Waals surface area contributed by atoms with Crippen molar-refractivity contribution in [3.8, 4) is 0 Å². The van der Waals surface area contributed by atoms with Gasteiger partial charge in [-0.25, -0.2) is 8.42 Å². The summed E-state index contributed by atoms with van der Waals surface area (Å²) in [6.45, 7) is 2.13. The first-order chi connectivity index (χ1) is 9.86. The van der Waals surface area contributed by atoms with Gasteiger partial charge in [-0.1, -0.05) is 0 Å². The standard InChI is InChI=1S/C15H21N3O2S/c1-17-7-5-11(6-8-17)14-10-18(16)15-4-3-12(9-13(14)15)21(2,19)20/h3-4,9-11H,5-8,16H2,1-2H3. The SMILES string of the molecule is CN1CCC(c2cn(N)c3ccc(S(C)(=O)=O)cc23)CC1. The van der Waals surface area contributed by atoms with Crippen molar-refractivity contribution in [3.05, 3.63) is 30.0 Å². The third-order valence-electron chi connectivity index (χ3n) is 4.42. The molecule has 1 aromatic heterocycles. The van der Waals surface area contributed by atoms with E-state index in [0.717, 1.165) is 36.8 Å². The highest BCUT2D eigenvalue weighted by Crippen LogP contribution is 2.34. The lowest BCUT2D eigenvalue weighted by Gasteiger charge is -2.28. The molecule has 6 heteroatoms. The summed E-state index contributed by atoms with van der Waals surface area (Å²) in [6.07, 6.45) is 5.35. The van der Waals surface area contributed by atoms with Crippen molar-refractivity contribution in [2.75, 3.05) is 32.2 Å². The zero-order chi connectivity index (χ0) is 15.2. The average Bonchev–Trinajstić information content (AvgIpc) is 2.76. The predicted octanol–water partition coefficient (Wildman–Crippen LogP) is 1.57. The van der Waals surface area contributed by atoms with E-state index in [0.29, 0.717) is 10.8 Å². The van der Waals surface area contributed by atoms with Crippen LogP contribution in [-0.4, -0.2) is 44.4 Å². The average molecular weight is 307 g/mol. The predicted molar refractivity (Wildman–Crippen MR) is 84.7 cm³/mol. The summed E-state index contributed by atoms with van der Waals surface area (Å²) in [7, 11) is -1.07. The van der Waals surface area contributed by atoms with Crippen molar-refractivity contribution in [3.63, 3.8) is 0 Å². The molecule has 5 nitrogen and oxygen atoms in total. The van der Waals surface area contributed by atoms with Crippen molar-refractivity contribution in [1.82, 2.24) is 9.58 Å². The second kappa shape index (κ2) is 5.03. The Bertz CT molecular complexity index is 772. The molecule has 3 rings (SSSR count). The molecule has 0 unspecified atom stereocenters. The largest absolute Gasteiger partial charge is 0.339 e. The molecule has 2 heterocycles. The lowest BCUT2D eigenvalue weighted by molar-refractivity contribution is 0.256. The summed E-state index contributed by atoms with van der Waals surface area (Å²) in [6, 6.07) is 5.19. The summed E-state index contributed by atoms with van der Waals surface area (Å²) < 4.78 is 25.1. The smallest absolute Gasteiger partial charge is 0.175 e. The van der Waals surface area contributed by atoms with Crippen LogP contribution in [0, 0.1) is 0 Å². The number of benzene rings is 1. The van der Waals surface area contributed by atoms with Crippen LogP contribution in [0.5, 0.6) is 0 Å². The van der Waals surface area contributed by atoms with E-state index >= 15 is 0 Å². The highest BCUT2D eigenvalue weighted by Gasteiger charge is 2.22. The number of likely N-dealkylation sites (tertiary alicyclic amines) is 1. The maximum atomic E-state index is 11.8. The number of nitrogen functional groups attached to an aromatic ring is 1. The topological polar surface area (TPSA) is 68.3 Å². The number of fused-ring (bicyclic) bond motifs is 1. The minimum atomic E-state index is -3.20. The Morgan fingerprint density at radius 1 is 1.24 bits per heavy atom. The van der Waals surface area contributed by atoms with E-state index in [9.17, 15) is 8.42 Å². The van der Waals surface area contributed by atoms with Crippen molar-refractivity contribution < 1.29 is 8.42 Å². The fraction of sp³-hybridized carbons (Fsp3) is 0.467. The second-order valence-corrected chi connectivity index (χ2v) is 8.04. The summed E-state index contributed by atoms with van der Waals surface area (Å²) in [5.74, 6) is 6.47. The normalized spacial score (nSPS) is 18.4. The number of sulfone groups is 1. The van der Waals surface area contributed by atoms with Crippen molar-refractivity contribution in [2.24, 2.45) is 0 Å². The monoisotopic (exact) mass is 307 g/mol. The quantitative estimate of drug-likeness (QED) is 0.855. The zero-order valence-corrected chi connectivity index (χ0v) is 13.2. The lowest BCUT2D eigenvalue weighted by Crippen LogP contribution is -2.29. The van der Waals surface area contributed by atoms with Gasteiger partial charge in [-0.3, -0.25) is 4.68 Å². The molecule has 0 bridgehead atoms. The van der Waals surface area contributed by atoms with E-state index < -0.39 is 9.84 Å². The molecule has 0 radical (unpaired) electrons. The molecule has 2 N–H and O–H groups in total. The van der Waals surface area contributed by atoms with E-state index in [1.807, 2.05) is 6.20 Å². The van der Waals surface area contributed by atoms with Gasteiger partial charge in [0.05, 0.1) is 10.4 Å². The van der Waals surface area contributed by atoms with Gasteiger partial charge in [-0.05, 0) is 62.7 Å². The molecule has 1 aliphatic heterocycles. The molecule has 1 aliphatic rings. The molecular formula is C15H21N3O2S. The van der Waals surface area contributed by atoms with Crippen LogP contribution in [0.4, 0.5) is 0 Å². The first kappa shape index (κ1) is 14.4. The van der Waals surface area contributed by atoms with Crippen LogP contribution in [0.15, 0.2) is 29.3 Å². The minimum Gasteiger partial charge on any atom is -0.339 e. The number of aromatic nitrogens is 1. The van der Waals surface area contributed by atoms with Gasteiger partial charge in [-0.15, -0.1) is 0 Å². The molecule has 0 atom stereocenters. The van der Waals surface area contributed by atoms with Gasteiger partial charge in [0.15, 0.2) is 9.84 Å². The molecule has 114 valence electrons. The maximum absolute atomic E-state index is 11.8. The number of nitrogens with zero attached hydrogens (tertiary/aromatic N) is 2. The summed E-state index contributed by atoms with van der Waals surface area (Å²) in [5.41, 5.74) is 2.06. The third kappa shape index (κ3) is 2.65. The zero-order valence-electron chi connectivity index (χ0n) is 12.4. The van der Waals surface area contributed by atoms with Crippen LogP contribution in [0.1, 0.15) is 24.3 Å². The highest BCUT2D eigenvalue weighted by atomic mass is 32.2. The van der Waals surface area contributed by atoms with Gasteiger partial charge in [-0.2, -0.15) is 0 Å². The van der Waals surface area contributed by atoms with Gasteiger partial charge in [0.1, 0.15) is 0 Å². The Balaban J connectivity index is 2.10. The van der Waals surface area contributed by atoms with Crippen LogP contribution >= 0.6 is 0 Å². The Morgan fingerprint density at radius 2 is 1.90 bits per heavy atom. The number of rotatable bonds is 2. The van der Waals surface area contributed by atoms with E-state index in [4.69, 9.17) is 5.84 Å². The molecule has 21 heavy (non-hydrogen) atoms. The summed E-state index contributed by atoms with van der Waals surface area (Å²) in [5, 5.41) is 0.968. The molecule has 0 aliphatic carbocycles. The first-order valence-electron chi connectivity index (χ1n) is 7.15. The van der Waals surface area contributed by atoms with E-state index in [1.54, 1.807) is 22.9 Å². The first-order valence-corrected chi connectivity index (χ1v) is 9.04. The Morgan fingerprint density at radius 3 is 2.52 bits per heavy atom. The van der Waals surface area contributed by atoms with E-state index in [1.165, 1.54) is 11.8 Å². The fourth-order valence-electron chi connectivity index (χ4n) is 3.14. The van der Waals surface area contributed by atoms with Crippen LogP contribution in [0.2, 0.25) is 0 Å². The fourth-order valence-corrected chi connectivity index (χ4v) is 3.78. The molecule has 0 spiro atoms. The van der Waals surface area contributed by atoms with Crippen LogP contribution in [-0.2, 0) is 9.84 Å². The number of hydrogen-bond donors (Lipinski definition) is 1. The highest BCUT2D eigenvalue weighted by molar-refractivity contribution is 7.90. The summed E-state index contributed by atoms with van der Waals surface area (Å²) in [4.78, 5) is 2.68. The molecule has 1 fully saturated rings. The summed E-state index contributed by atoms with van der Waals surface area (Å²) >= 11 is 0. The number of piperidine rings is 1. The van der Waals surface area contributed by atoms with E-state index in [2.05, 4.69) is 11.9 Å². The van der Waals surface area contributed by atoms with Crippen molar-refractivity contribution in [2.45, 2.75) is 23.7 Å². The molecule has 1 saturated heterocycles. The van der Waals surface area contributed by atoms with Crippen molar-refractivity contribution in [1.29, 1.82) is 0 Å². The van der Waals surface area contributed by atoms with Gasteiger partial charge in [0.25, 0.3) is 0 Å². The maximum Gasteiger partial charge on any atom is 0.175 e. The van der Waals surface area contributed by atoms with Gasteiger partial charge >= 0.3 is 0 Å². The molecule has 1 aromatic carbocycles.